The smallest absolute Gasteiger partial charge is 0.207 e. The van der Waals surface area contributed by atoms with E-state index in [1.165, 1.54) is 0 Å². The molecule has 2 aromatic carbocycles. The fraction of sp³-hybridized carbons (Fsp3) is 0.143. The minimum Gasteiger partial charge on any atom is -0.207 e. The molecule has 0 aliphatic carbocycles. The van der Waals surface area contributed by atoms with E-state index in [1.807, 2.05) is 24.3 Å². The van der Waals surface area contributed by atoms with E-state index in [9.17, 15) is 8.42 Å². The summed E-state index contributed by atoms with van der Waals surface area (Å²) in [6.07, 6.45) is 0. The molecule has 0 amide bonds. The van der Waals surface area contributed by atoms with Crippen LogP contribution in [0.5, 0.6) is 0 Å². The Balaban J connectivity index is 2.09. The van der Waals surface area contributed by atoms with E-state index in [4.69, 9.17) is 11.6 Å². The highest BCUT2D eigenvalue weighted by Gasteiger charge is 2.13. The Bertz CT molecular complexity index is 687. The second-order valence-corrected chi connectivity index (χ2v) is 7.18. The Morgan fingerprint density at radius 3 is 2.30 bits per heavy atom. The molecule has 0 fully saturated rings. The minimum atomic E-state index is -3.50. The average molecular weight is 375 g/mol. The first-order chi connectivity index (χ1) is 9.51. The summed E-state index contributed by atoms with van der Waals surface area (Å²) in [6, 6.07) is 14.1. The Hall–Kier alpha value is -0.880. The zero-order valence-corrected chi connectivity index (χ0v) is 13.7. The van der Waals surface area contributed by atoms with Crippen LogP contribution < -0.4 is 4.72 Å². The number of benzene rings is 2. The Morgan fingerprint density at radius 1 is 1.05 bits per heavy atom. The molecule has 0 saturated carbocycles. The quantitative estimate of drug-likeness (QED) is 0.812. The van der Waals surface area contributed by atoms with E-state index in [0.29, 0.717) is 5.88 Å². The molecule has 0 bridgehead atoms. The molecule has 2 rings (SSSR count). The van der Waals surface area contributed by atoms with Gasteiger partial charge in [0.05, 0.1) is 4.90 Å². The van der Waals surface area contributed by atoms with Gasteiger partial charge < -0.3 is 0 Å². The van der Waals surface area contributed by atoms with E-state index in [0.717, 1.165) is 15.6 Å². The number of hydrogen-bond donors (Lipinski definition) is 1. The zero-order chi connectivity index (χ0) is 14.6. The third-order valence-electron chi connectivity index (χ3n) is 2.75. The number of rotatable bonds is 5. The molecule has 6 heteroatoms. The zero-order valence-electron chi connectivity index (χ0n) is 10.5. The van der Waals surface area contributed by atoms with E-state index in [1.54, 1.807) is 24.3 Å². The van der Waals surface area contributed by atoms with Crippen molar-refractivity contribution in [3.8, 4) is 0 Å². The number of halogens is 2. The summed E-state index contributed by atoms with van der Waals surface area (Å²) in [6.45, 7) is 0.247. The van der Waals surface area contributed by atoms with Crippen LogP contribution in [0.15, 0.2) is 57.9 Å². The van der Waals surface area contributed by atoms with Gasteiger partial charge in [-0.25, -0.2) is 13.1 Å². The molecule has 0 radical (unpaired) electrons. The van der Waals surface area contributed by atoms with Gasteiger partial charge in [-0.15, -0.1) is 11.6 Å². The van der Waals surface area contributed by atoms with Crippen molar-refractivity contribution in [1.29, 1.82) is 0 Å². The normalized spacial score (nSPS) is 11.5. The van der Waals surface area contributed by atoms with Crippen LogP contribution in [0, 0.1) is 0 Å². The van der Waals surface area contributed by atoms with Crippen molar-refractivity contribution in [2.75, 3.05) is 0 Å². The lowest BCUT2D eigenvalue weighted by molar-refractivity contribution is 0.581. The van der Waals surface area contributed by atoms with E-state index >= 15 is 0 Å². The van der Waals surface area contributed by atoms with Gasteiger partial charge in [0.25, 0.3) is 0 Å². The predicted octanol–water partition coefficient (Wildman–Crippen LogP) is 3.67. The molecule has 106 valence electrons. The molecule has 1 N–H and O–H groups in total. The maximum atomic E-state index is 12.1. The maximum Gasteiger partial charge on any atom is 0.240 e. The van der Waals surface area contributed by atoms with Gasteiger partial charge in [0.15, 0.2) is 0 Å². The summed E-state index contributed by atoms with van der Waals surface area (Å²) < 4.78 is 27.6. The summed E-state index contributed by atoms with van der Waals surface area (Å²) in [4.78, 5) is 0.240. The summed E-state index contributed by atoms with van der Waals surface area (Å²) in [5.41, 5.74) is 1.89. The molecule has 3 nitrogen and oxygen atoms in total. The number of hydrogen-bond acceptors (Lipinski definition) is 2. The largest absolute Gasteiger partial charge is 0.240 e. The fourth-order valence-electron chi connectivity index (χ4n) is 1.64. The van der Waals surface area contributed by atoms with Crippen molar-refractivity contribution in [2.24, 2.45) is 0 Å². The van der Waals surface area contributed by atoms with Gasteiger partial charge in [-0.1, -0.05) is 46.3 Å². The van der Waals surface area contributed by atoms with Crippen molar-refractivity contribution in [2.45, 2.75) is 17.3 Å². The highest BCUT2D eigenvalue weighted by molar-refractivity contribution is 9.10. The molecule has 0 heterocycles. The van der Waals surface area contributed by atoms with Crippen molar-refractivity contribution in [1.82, 2.24) is 4.72 Å². The summed E-state index contributed by atoms with van der Waals surface area (Å²) in [7, 11) is -3.50. The average Bonchev–Trinajstić information content (AvgIpc) is 2.46. The van der Waals surface area contributed by atoms with Gasteiger partial charge >= 0.3 is 0 Å². The van der Waals surface area contributed by atoms with Crippen LogP contribution in [-0.2, 0) is 22.4 Å². The Morgan fingerprint density at radius 2 is 1.70 bits per heavy atom. The van der Waals surface area contributed by atoms with Crippen molar-refractivity contribution < 1.29 is 8.42 Å². The first kappa shape index (κ1) is 15.5. The van der Waals surface area contributed by atoms with Gasteiger partial charge in [0.2, 0.25) is 10.0 Å². The monoisotopic (exact) mass is 373 g/mol. The molecule has 2 aromatic rings. The second kappa shape index (κ2) is 6.72. The molecule has 20 heavy (non-hydrogen) atoms. The SMILES string of the molecule is O=S(=O)(NCc1ccc(CCl)cc1)c1cccc(Br)c1. The van der Waals surface area contributed by atoms with Crippen LogP contribution in [0.4, 0.5) is 0 Å². The van der Waals surface area contributed by atoms with E-state index < -0.39 is 10.0 Å². The van der Waals surface area contributed by atoms with E-state index in [2.05, 4.69) is 20.7 Å². The van der Waals surface area contributed by atoms with Gasteiger partial charge in [0, 0.05) is 16.9 Å². The standard InChI is InChI=1S/C14H13BrClNO2S/c15-13-2-1-3-14(8-13)20(18,19)17-10-12-6-4-11(9-16)5-7-12/h1-8,17H,9-10H2. The lowest BCUT2D eigenvalue weighted by Gasteiger charge is -2.07. The topological polar surface area (TPSA) is 46.2 Å². The number of nitrogens with one attached hydrogen (secondary N) is 1. The fourth-order valence-corrected chi connectivity index (χ4v) is 3.43. The molecular formula is C14H13BrClNO2S. The Labute approximate surface area is 132 Å². The molecular weight excluding hydrogens is 362 g/mol. The van der Waals surface area contributed by atoms with Crippen molar-refractivity contribution in [3.63, 3.8) is 0 Å². The van der Waals surface area contributed by atoms with Crippen LogP contribution in [0.1, 0.15) is 11.1 Å². The molecule has 0 aliphatic heterocycles. The molecule has 0 aromatic heterocycles. The van der Waals surface area contributed by atoms with Crippen LogP contribution in [0.2, 0.25) is 0 Å². The van der Waals surface area contributed by atoms with E-state index in [-0.39, 0.29) is 11.4 Å². The number of sulfonamides is 1. The Kier molecular flexibility index (Phi) is 5.21. The van der Waals surface area contributed by atoms with Gasteiger partial charge in [-0.05, 0) is 29.3 Å². The third-order valence-corrected chi connectivity index (χ3v) is 4.95. The molecule has 0 atom stereocenters. The lowest BCUT2D eigenvalue weighted by atomic mass is 10.1. The first-order valence-electron chi connectivity index (χ1n) is 5.90. The third kappa shape index (κ3) is 4.06. The van der Waals surface area contributed by atoms with Gasteiger partial charge in [-0.2, -0.15) is 0 Å². The summed E-state index contributed by atoms with van der Waals surface area (Å²) in [5.74, 6) is 0.448. The number of alkyl halides is 1. The lowest BCUT2D eigenvalue weighted by Crippen LogP contribution is -2.23. The van der Waals surface area contributed by atoms with Crippen LogP contribution in [0.25, 0.3) is 0 Å². The second-order valence-electron chi connectivity index (χ2n) is 4.23. The van der Waals surface area contributed by atoms with Crippen LogP contribution in [-0.4, -0.2) is 8.42 Å². The first-order valence-corrected chi connectivity index (χ1v) is 8.71. The predicted molar refractivity (Wildman–Crippen MR) is 84.2 cm³/mol. The molecule has 0 saturated heterocycles. The minimum absolute atomic E-state index is 0.240. The van der Waals surface area contributed by atoms with Crippen LogP contribution >= 0.6 is 27.5 Å². The van der Waals surface area contributed by atoms with Crippen LogP contribution in [0.3, 0.4) is 0 Å². The van der Waals surface area contributed by atoms with Gasteiger partial charge in [0.1, 0.15) is 0 Å². The van der Waals surface area contributed by atoms with Crippen molar-refractivity contribution in [3.05, 3.63) is 64.1 Å². The highest BCUT2D eigenvalue weighted by Crippen LogP contribution is 2.16. The highest BCUT2D eigenvalue weighted by atomic mass is 79.9. The van der Waals surface area contributed by atoms with Gasteiger partial charge in [-0.3, -0.25) is 0 Å². The molecule has 0 spiro atoms. The van der Waals surface area contributed by atoms with Crippen molar-refractivity contribution >= 4 is 37.6 Å². The maximum absolute atomic E-state index is 12.1. The molecule has 0 aliphatic rings. The summed E-state index contributed by atoms with van der Waals surface area (Å²) in [5, 5.41) is 0. The molecule has 0 unspecified atom stereocenters. The summed E-state index contributed by atoms with van der Waals surface area (Å²) >= 11 is 8.97.